The molecule has 0 spiro atoms. The van der Waals surface area contributed by atoms with E-state index in [9.17, 15) is 43.2 Å². The first-order chi connectivity index (χ1) is 50.7. The molecule has 0 radical (unpaired) electrons. The highest BCUT2D eigenvalue weighted by Crippen LogP contribution is 2.45. The molecule has 0 rings (SSSR count). The number of hydrogen-bond donors (Lipinski definition) is 3. The SMILES string of the molecule is CC/C=C\C/C=C\C/C=C\C/C=C\C/C=C\CCCCCC(=O)OCC(COP(=O)(O)OCC(O)COP(=O)(O)OCC(COC(=O)CCCCCCCCC/C=C\C/C=C\C/C=C\CC)OC(=O)CCCCCCC/C=C\C/C=C\CCC)OC(=O)CCCCCCCCCCCCCCCCC. The predicted octanol–water partition coefficient (Wildman–Crippen LogP) is 23.9. The van der Waals surface area contributed by atoms with Crippen LogP contribution in [-0.4, -0.2) is 96.7 Å². The maximum atomic E-state index is 13.1. The third kappa shape index (κ3) is 75.7. The molecule has 104 heavy (non-hydrogen) atoms. The van der Waals surface area contributed by atoms with Crippen molar-refractivity contribution in [3.05, 3.63) is 122 Å². The van der Waals surface area contributed by atoms with E-state index in [0.29, 0.717) is 25.7 Å². The number of carbonyl (C=O) groups excluding carboxylic acids is 4. The van der Waals surface area contributed by atoms with Crippen molar-refractivity contribution in [2.45, 2.75) is 354 Å². The van der Waals surface area contributed by atoms with Gasteiger partial charge in [0.1, 0.15) is 19.3 Å². The number of ether oxygens (including phenoxy) is 4. The van der Waals surface area contributed by atoms with Crippen LogP contribution in [0.25, 0.3) is 0 Å². The summed E-state index contributed by atoms with van der Waals surface area (Å²) < 4.78 is 68.6. The summed E-state index contributed by atoms with van der Waals surface area (Å²) in [4.78, 5) is 73.1. The highest BCUT2D eigenvalue weighted by molar-refractivity contribution is 7.47. The first-order valence-electron chi connectivity index (χ1n) is 40.8. The minimum absolute atomic E-state index is 0.0746. The van der Waals surface area contributed by atoms with Gasteiger partial charge in [0.05, 0.1) is 26.4 Å². The number of phosphoric acid groups is 2. The maximum absolute atomic E-state index is 13.1. The first-order valence-corrected chi connectivity index (χ1v) is 43.8. The molecule has 19 heteroatoms. The number of rotatable bonds is 76. The summed E-state index contributed by atoms with van der Waals surface area (Å²) in [5, 5.41) is 10.6. The number of hydrogen-bond acceptors (Lipinski definition) is 15. The topological polar surface area (TPSA) is 237 Å². The van der Waals surface area contributed by atoms with Crippen molar-refractivity contribution in [1.29, 1.82) is 0 Å². The van der Waals surface area contributed by atoms with E-state index in [4.69, 9.17) is 37.0 Å². The number of allylic oxidation sites excluding steroid dienone is 20. The standard InChI is InChI=1S/C85H146O17P2/c1-5-9-13-17-21-25-29-33-36-38-39-41-44-47-50-54-58-62-66-70-83(88)96-76-81(102-85(90)72-68-64-60-56-52-48-42-35-31-27-23-19-15-11-7-3)78-100-104(93,94)98-74-79(86)73-97-103(91,92)99-77-80(101-84(89)71-67-63-59-55-51-45-32-28-24-20-16-12-8-4)75-95-82(87)69-65-61-57-53-49-46-43-40-37-34-30-26-22-18-14-10-6-2/h9-10,13-14,16,20-22,25-26,28,32-34,36-37,39,41,47,50,79-81,86H,5-8,11-12,15,17-19,23-24,27,29-31,35,38,40,42-46,48-49,51-78H2,1-4H3,(H,91,92)(H,93,94)/b13-9-,14-10-,20-16-,25-21-,26-22-,32-28-,36-33-,37-34-,41-39-,50-47-. The zero-order chi connectivity index (χ0) is 76.0. The van der Waals surface area contributed by atoms with Gasteiger partial charge in [-0.2, -0.15) is 0 Å². The fourth-order valence-electron chi connectivity index (χ4n) is 10.8. The Kier molecular flexibility index (Phi) is 73.3. The molecule has 5 unspecified atom stereocenters. The molecule has 0 aromatic carbocycles. The normalized spacial score (nSPS) is 14.5. The molecule has 0 amide bonds. The summed E-state index contributed by atoms with van der Waals surface area (Å²) in [6.45, 7) is 4.56. The number of esters is 4. The van der Waals surface area contributed by atoms with Crippen LogP contribution >= 0.6 is 15.6 Å². The quantitative estimate of drug-likeness (QED) is 0.0169. The van der Waals surface area contributed by atoms with Crippen molar-refractivity contribution in [3.8, 4) is 0 Å². The van der Waals surface area contributed by atoms with E-state index in [0.717, 1.165) is 193 Å². The van der Waals surface area contributed by atoms with E-state index in [1.165, 1.54) is 64.2 Å². The molecule has 0 fully saturated rings. The van der Waals surface area contributed by atoms with Crippen molar-refractivity contribution in [3.63, 3.8) is 0 Å². The Morgan fingerprint density at radius 2 is 0.519 bits per heavy atom. The summed E-state index contributed by atoms with van der Waals surface area (Å²) in [5.41, 5.74) is 0. The predicted molar refractivity (Wildman–Crippen MR) is 427 cm³/mol. The van der Waals surface area contributed by atoms with Crippen LogP contribution in [0, 0.1) is 0 Å². The zero-order valence-corrected chi connectivity index (χ0v) is 67.2. The lowest BCUT2D eigenvalue weighted by atomic mass is 10.0. The fraction of sp³-hybridized carbons (Fsp3) is 0.718. The second-order valence-electron chi connectivity index (χ2n) is 27.0. The number of aliphatic hydroxyl groups is 1. The van der Waals surface area contributed by atoms with Gasteiger partial charge in [-0.25, -0.2) is 9.13 Å². The molecule has 3 N–H and O–H groups in total. The lowest BCUT2D eigenvalue weighted by Crippen LogP contribution is -2.30. The van der Waals surface area contributed by atoms with Crippen molar-refractivity contribution < 1.29 is 80.2 Å². The molecule has 0 saturated heterocycles. The smallest absolute Gasteiger partial charge is 0.462 e. The van der Waals surface area contributed by atoms with Gasteiger partial charge in [-0.1, -0.05) is 303 Å². The van der Waals surface area contributed by atoms with Gasteiger partial charge in [0.15, 0.2) is 12.2 Å². The van der Waals surface area contributed by atoms with Gasteiger partial charge in [0.25, 0.3) is 0 Å². The van der Waals surface area contributed by atoms with Gasteiger partial charge in [-0.15, -0.1) is 0 Å². The maximum Gasteiger partial charge on any atom is 0.472 e. The molecule has 0 aliphatic heterocycles. The summed E-state index contributed by atoms with van der Waals surface area (Å²) in [5.74, 6) is -2.22. The van der Waals surface area contributed by atoms with Crippen LogP contribution in [0.1, 0.15) is 336 Å². The molecule has 0 aliphatic carbocycles. The summed E-state index contributed by atoms with van der Waals surface area (Å²) in [7, 11) is -9.97. The third-order valence-electron chi connectivity index (χ3n) is 16.9. The van der Waals surface area contributed by atoms with Gasteiger partial charge in [0.2, 0.25) is 0 Å². The Labute approximate surface area is 632 Å². The molecule has 0 aliphatic rings. The monoisotopic (exact) mass is 1500 g/mol. The Bertz CT molecular complexity index is 2440. The van der Waals surface area contributed by atoms with Crippen LogP contribution in [0.4, 0.5) is 0 Å². The molecule has 598 valence electrons. The van der Waals surface area contributed by atoms with Crippen LogP contribution in [0.2, 0.25) is 0 Å². The van der Waals surface area contributed by atoms with Crippen molar-refractivity contribution in [1.82, 2.24) is 0 Å². The lowest BCUT2D eigenvalue weighted by Gasteiger charge is -2.21. The molecular weight excluding hydrogens is 1350 g/mol. The number of carbonyl (C=O) groups is 4. The minimum Gasteiger partial charge on any atom is -0.462 e. The van der Waals surface area contributed by atoms with Crippen molar-refractivity contribution in [2.75, 3.05) is 39.6 Å². The van der Waals surface area contributed by atoms with Crippen LogP contribution in [0.5, 0.6) is 0 Å². The largest absolute Gasteiger partial charge is 0.472 e. The van der Waals surface area contributed by atoms with Crippen molar-refractivity contribution in [2.24, 2.45) is 0 Å². The highest BCUT2D eigenvalue weighted by atomic mass is 31.2. The zero-order valence-electron chi connectivity index (χ0n) is 65.4. The molecule has 17 nitrogen and oxygen atoms in total. The van der Waals surface area contributed by atoms with Gasteiger partial charge in [-0.3, -0.25) is 37.3 Å². The summed E-state index contributed by atoms with van der Waals surface area (Å²) in [6.07, 6.45) is 84.6. The van der Waals surface area contributed by atoms with Crippen molar-refractivity contribution >= 4 is 39.5 Å². The van der Waals surface area contributed by atoms with Gasteiger partial charge in [-0.05, 0) is 128 Å². The summed E-state index contributed by atoms with van der Waals surface area (Å²) in [6, 6.07) is 0. The van der Waals surface area contributed by atoms with Crippen LogP contribution in [0.15, 0.2) is 122 Å². The van der Waals surface area contributed by atoms with Gasteiger partial charge >= 0.3 is 39.5 Å². The molecule has 0 aromatic rings. The average Bonchev–Trinajstić information content (AvgIpc) is 0.911. The lowest BCUT2D eigenvalue weighted by molar-refractivity contribution is -0.161. The Morgan fingerprint density at radius 3 is 0.817 bits per heavy atom. The summed E-state index contributed by atoms with van der Waals surface area (Å²) >= 11 is 0. The highest BCUT2D eigenvalue weighted by Gasteiger charge is 2.30. The van der Waals surface area contributed by atoms with Crippen LogP contribution < -0.4 is 0 Å². The van der Waals surface area contributed by atoms with E-state index < -0.39 is 97.5 Å². The van der Waals surface area contributed by atoms with Gasteiger partial charge in [0, 0.05) is 25.7 Å². The van der Waals surface area contributed by atoms with E-state index in [2.05, 4.69) is 149 Å². The fourth-order valence-corrected chi connectivity index (χ4v) is 12.3. The molecule has 5 atom stereocenters. The van der Waals surface area contributed by atoms with E-state index in [-0.39, 0.29) is 25.7 Å². The van der Waals surface area contributed by atoms with E-state index in [1.807, 2.05) is 0 Å². The third-order valence-corrected chi connectivity index (χ3v) is 18.8. The van der Waals surface area contributed by atoms with E-state index in [1.54, 1.807) is 0 Å². The Balaban J connectivity index is 5.38. The Hall–Kier alpha value is -4.54. The van der Waals surface area contributed by atoms with Gasteiger partial charge < -0.3 is 33.8 Å². The molecule has 0 heterocycles. The Morgan fingerprint density at radius 1 is 0.279 bits per heavy atom. The van der Waals surface area contributed by atoms with Crippen LogP contribution in [0.3, 0.4) is 0 Å². The number of phosphoric ester groups is 2. The molecule has 0 aromatic heterocycles. The van der Waals surface area contributed by atoms with Crippen LogP contribution in [-0.2, 0) is 65.4 Å². The second-order valence-corrected chi connectivity index (χ2v) is 29.9. The number of aliphatic hydroxyl groups excluding tert-OH is 1. The second kappa shape index (κ2) is 76.6. The molecule has 0 bridgehead atoms. The average molecular weight is 1500 g/mol. The molecular formula is C85H146O17P2. The molecule has 0 saturated carbocycles. The first kappa shape index (κ1) is 99.5. The van der Waals surface area contributed by atoms with E-state index >= 15 is 0 Å². The minimum atomic E-state index is -4.99. The number of unbranched alkanes of at least 4 members (excludes halogenated alkanes) is 30.